The van der Waals surface area contributed by atoms with Gasteiger partial charge in [-0.15, -0.1) is 0 Å². The topological polar surface area (TPSA) is 117 Å². The number of hydrogen-bond acceptors (Lipinski definition) is 8. The van der Waals surface area contributed by atoms with Crippen molar-refractivity contribution in [2.24, 2.45) is 0 Å². The fraction of sp³-hybridized carbons (Fsp3) is 0.737. The number of nitrogens with zero attached hydrogens (tertiary/aromatic N) is 5. The lowest BCUT2D eigenvalue weighted by Gasteiger charge is -2.39. The van der Waals surface area contributed by atoms with E-state index in [1.54, 1.807) is 4.52 Å². The maximum atomic E-state index is 12.4. The van der Waals surface area contributed by atoms with Crippen molar-refractivity contribution in [1.82, 2.24) is 29.6 Å². The van der Waals surface area contributed by atoms with E-state index < -0.39 is 10.0 Å². The highest BCUT2D eigenvalue weighted by Gasteiger charge is 2.28. The van der Waals surface area contributed by atoms with Crippen LogP contribution in [0.1, 0.15) is 51.1 Å². The molecular weight excluding hydrogens is 404 g/mol. The number of likely N-dealkylation sites (N-methyl/N-ethyl adjacent to an activating group) is 1. The van der Waals surface area contributed by atoms with Crippen LogP contribution in [-0.4, -0.2) is 72.5 Å². The highest BCUT2D eigenvalue weighted by molar-refractivity contribution is 7.89. The van der Waals surface area contributed by atoms with Crippen molar-refractivity contribution in [3.8, 4) is 0 Å². The van der Waals surface area contributed by atoms with Gasteiger partial charge in [0.05, 0.1) is 11.4 Å². The summed E-state index contributed by atoms with van der Waals surface area (Å²) in [4.78, 5) is 11.4. The van der Waals surface area contributed by atoms with Crippen LogP contribution >= 0.6 is 0 Å². The minimum absolute atomic E-state index is 0.00577. The van der Waals surface area contributed by atoms with Crippen molar-refractivity contribution < 1.29 is 8.42 Å². The number of fused-ring (bicyclic) bond motifs is 1. The molecule has 0 spiro atoms. The second-order valence-electron chi connectivity index (χ2n) is 8.58. The molecule has 10 nitrogen and oxygen atoms in total. The molecular formula is C19H32N8O2S. The first-order chi connectivity index (χ1) is 14.3. The van der Waals surface area contributed by atoms with Crippen LogP contribution in [0.5, 0.6) is 0 Å². The summed E-state index contributed by atoms with van der Waals surface area (Å²) < 4.78 is 29.3. The Hall–Kier alpha value is -1.98. The van der Waals surface area contributed by atoms with Gasteiger partial charge in [0.2, 0.25) is 21.9 Å². The van der Waals surface area contributed by atoms with Crippen LogP contribution in [0.3, 0.4) is 0 Å². The zero-order chi connectivity index (χ0) is 21.3. The SMILES string of the molecule is CNC1CN(c2nc(NCCS(=O)(=O)NC3CCCC3)n3nc(C(C)C)cc3n2)C1. The summed E-state index contributed by atoms with van der Waals surface area (Å²) in [6.45, 7) is 6.10. The summed E-state index contributed by atoms with van der Waals surface area (Å²) in [6.07, 6.45) is 4.04. The molecule has 0 amide bonds. The summed E-state index contributed by atoms with van der Waals surface area (Å²) in [5, 5.41) is 11.0. The molecule has 0 bridgehead atoms. The van der Waals surface area contributed by atoms with Crippen molar-refractivity contribution in [3.63, 3.8) is 0 Å². The Kier molecular flexibility index (Phi) is 6.12. The Morgan fingerprint density at radius 1 is 1.17 bits per heavy atom. The predicted octanol–water partition coefficient (Wildman–Crippen LogP) is 0.930. The zero-order valence-corrected chi connectivity index (χ0v) is 18.7. The van der Waals surface area contributed by atoms with Gasteiger partial charge in [0.1, 0.15) is 0 Å². The highest BCUT2D eigenvalue weighted by atomic mass is 32.2. The van der Waals surface area contributed by atoms with Gasteiger partial charge in [-0.3, -0.25) is 0 Å². The number of rotatable bonds is 9. The number of hydrogen-bond donors (Lipinski definition) is 3. The molecule has 0 atom stereocenters. The minimum atomic E-state index is -3.33. The summed E-state index contributed by atoms with van der Waals surface area (Å²) in [6, 6.07) is 2.48. The lowest BCUT2D eigenvalue weighted by atomic mass is 10.1. The lowest BCUT2D eigenvalue weighted by Crippen LogP contribution is -2.57. The van der Waals surface area contributed by atoms with E-state index in [0.717, 1.165) is 44.5 Å². The van der Waals surface area contributed by atoms with Crippen molar-refractivity contribution >= 4 is 27.6 Å². The predicted molar refractivity (Wildman–Crippen MR) is 118 cm³/mol. The molecule has 0 unspecified atom stereocenters. The highest BCUT2D eigenvalue weighted by Crippen LogP contribution is 2.22. The molecule has 2 aromatic rings. The number of anilines is 2. The molecule has 30 heavy (non-hydrogen) atoms. The Balaban J connectivity index is 1.49. The molecule has 4 rings (SSSR count). The van der Waals surface area contributed by atoms with E-state index in [0.29, 0.717) is 23.6 Å². The smallest absolute Gasteiger partial charge is 0.230 e. The number of nitrogens with one attached hydrogen (secondary N) is 3. The largest absolute Gasteiger partial charge is 0.353 e. The molecule has 3 N–H and O–H groups in total. The van der Waals surface area contributed by atoms with E-state index in [-0.39, 0.29) is 24.3 Å². The van der Waals surface area contributed by atoms with Crippen LogP contribution in [0.2, 0.25) is 0 Å². The minimum Gasteiger partial charge on any atom is -0.353 e. The third-order valence-electron chi connectivity index (χ3n) is 5.85. The Morgan fingerprint density at radius 2 is 1.90 bits per heavy atom. The van der Waals surface area contributed by atoms with Crippen molar-refractivity contribution in [3.05, 3.63) is 11.8 Å². The van der Waals surface area contributed by atoms with Gasteiger partial charge in [-0.2, -0.15) is 19.6 Å². The van der Waals surface area contributed by atoms with E-state index in [1.165, 1.54) is 0 Å². The molecule has 166 valence electrons. The fourth-order valence-corrected chi connectivity index (χ4v) is 5.14. The van der Waals surface area contributed by atoms with E-state index in [4.69, 9.17) is 0 Å². The van der Waals surface area contributed by atoms with E-state index in [1.807, 2.05) is 13.1 Å². The second kappa shape index (κ2) is 8.64. The molecule has 1 saturated heterocycles. The van der Waals surface area contributed by atoms with Gasteiger partial charge >= 0.3 is 0 Å². The maximum absolute atomic E-state index is 12.4. The van der Waals surface area contributed by atoms with E-state index in [9.17, 15) is 8.42 Å². The van der Waals surface area contributed by atoms with Gasteiger partial charge in [0, 0.05) is 37.8 Å². The molecule has 1 aliphatic carbocycles. The van der Waals surface area contributed by atoms with Gasteiger partial charge in [-0.1, -0.05) is 26.7 Å². The monoisotopic (exact) mass is 436 g/mol. The average Bonchev–Trinajstić information content (AvgIpc) is 3.29. The molecule has 11 heteroatoms. The Bertz CT molecular complexity index is 978. The zero-order valence-electron chi connectivity index (χ0n) is 17.9. The van der Waals surface area contributed by atoms with Crippen molar-refractivity contribution in [2.75, 3.05) is 42.7 Å². The molecule has 1 saturated carbocycles. The number of aromatic nitrogens is 4. The van der Waals surface area contributed by atoms with E-state index >= 15 is 0 Å². The molecule has 3 heterocycles. The first-order valence-electron chi connectivity index (χ1n) is 10.8. The van der Waals surface area contributed by atoms with Crippen LogP contribution in [0.4, 0.5) is 11.9 Å². The van der Waals surface area contributed by atoms with Crippen molar-refractivity contribution in [1.29, 1.82) is 0 Å². The third-order valence-corrected chi connectivity index (χ3v) is 7.28. The summed E-state index contributed by atoms with van der Waals surface area (Å²) in [7, 11) is -1.38. The second-order valence-corrected chi connectivity index (χ2v) is 10.5. The fourth-order valence-electron chi connectivity index (χ4n) is 3.91. The van der Waals surface area contributed by atoms with Crippen LogP contribution < -0.4 is 20.3 Å². The van der Waals surface area contributed by atoms with Crippen LogP contribution in [0.25, 0.3) is 5.65 Å². The van der Waals surface area contributed by atoms with Crippen LogP contribution in [0, 0.1) is 0 Å². The molecule has 2 fully saturated rings. The molecule has 2 aromatic heterocycles. The van der Waals surface area contributed by atoms with Crippen molar-refractivity contribution in [2.45, 2.75) is 57.5 Å². The molecule has 0 aromatic carbocycles. The van der Waals surface area contributed by atoms with Gasteiger partial charge < -0.3 is 15.5 Å². The summed E-state index contributed by atoms with van der Waals surface area (Å²) >= 11 is 0. The first kappa shape index (κ1) is 21.3. The van der Waals surface area contributed by atoms with Gasteiger partial charge in [0.25, 0.3) is 0 Å². The third kappa shape index (κ3) is 4.68. The van der Waals surface area contributed by atoms with Gasteiger partial charge in [-0.25, -0.2) is 13.1 Å². The molecule has 2 aliphatic rings. The quantitative estimate of drug-likeness (QED) is 0.532. The van der Waals surface area contributed by atoms with Crippen LogP contribution in [0.15, 0.2) is 6.07 Å². The lowest BCUT2D eigenvalue weighted by molar-refractivity contribution is 0.443. The standard InChI is InChI=1S/C19H32N8O2S/c1-13(2)16-10-17-22-19(26-11-15(12-26)20-3)23-18(27(17)24-16)21-8-9-30(28,29)25-14-6-4-5-7-14/h10,13-15,20,25H,4-9,11-12H2,1-3H3,(H,21,22,23). The van der Waals surface area contributed by atoms with Gasteiger partial charge in [-0.05, 0) is 25.8 Å². The summed E-state index contributed by atoms with van der Waals surface area (Å²) in [5.74, 6) is 1.41. The average molecular weight is 437 g/mol. The van der Waals surface area contributed by atoms with Crippen LogP contribution in [-0.2, 0) is 10.0 Å². The normalized spacial score (nSPS) is 18.5. The molecule has 0 radical (unpaired) electrons. The van der Waals surface area contributed by atoms with E-state index in [2.05, 4.69) is 49.2 Å². The van der Waals surface area contributed by atoms with Gasteiger partial charge in [0.15, 0.2) is 5.65 Å². The first-order valence-corrected chi connectivity index (χ1v) is 12.4. The Morgan fingerprint density at radius 3 is 2.57 bits per heavy atom. The number of sulfonamides is 1. The Labute approximate surface area is 177 Å². The molecule has 1 aliphatic heterocycles. The summed E-state index contributed by atoms with van der Waals surface area (Å²) in [5.41, 5.74) is 1.64. The maximum Gasteiger partial charge on any atom is 0.230 e.